The topological polar surface area (TPSA) is 77.8 Å². The van der Waals surface area contributed by atoms with E-state index in [0.717, 1.165) is 82.4 Å². The number of fused-ring (bicyclic) bond motifs is 11. The summed E-state index contributed by atoms with van der Waals surface area (Å²) >= 11 is 0. The monoisotopic (exact) mass is 808 g/mol. The molecule has 13 rings (SSSR count). The van der Waals surface area contributed by atoms with E-state index in [4.69, 9.17) is 28.8 Å². The van der Waals surface area contributed by atoms with Crippen LogP contribution >= 0.6 is 0 Å². The molecule has 0 atom stereocenters. The Morgan fingerprint density at radius 2 is 0.968 bits per heavy atom. The van der Waals surface area contributed by atoms with Gasteiger partial charge in [-0.15, -0.1) is 0 Å². The van der Waals surface area contributed by atoms with Crippen molar-refractivity contribution in [3.8, 4) is 67.9 Å². The van der Waals surface area contributed by atoms with E-state index in [2.05, 4.69) is 153 Å². The highest BCUT2D eigenvalue weighted by Crippen LogP contribution is 2.49. The van der Waals surface area contributed by atoms with Gasteiger partial charge in [0.2, 0.25) is 5.89 Å². The fourth-order valence-electron chi connectivity index (χ4n) is 9.79. The fourth-order valence-corrected chi connectivity index (χ4v) is 9.79. The average molecular weight is 809 g/mol. The highest BCUT2D eigenvalue weighted by molar-refractivity contribution is 6.25. The summed E-state index contributed by atoms with van der Waals surface area (Å²) in [5.74, 6) is 2.37. The Bertz CT molecular complexity index is 3820. The standard InChI is InChI=1S/C57H36N4O2/c1-57(2)45-18-9-8-16-41(45)44-32-39(25-27-46(44)57)55-60-53(37-22-19-34(20-23-37)33-11-4-3-5-12-33)59-54(61-55)38-24-21-36-26-29-48-50(43(36)31-38)51-49(62-48)30-28-47-52(51)63-56(58-47)42-17-10-14-35-13-6-7-15-40(35)42/h3-32H,1-2H3. The van der Waals surface area contributed by atoms with Gasteiger partial charge in [-0.05, 0) is 91.3 Å². The molecule has 9 aromatic carbocycles. The third-order valence-electron chi connectivity index (χ3n) is 13.0. The first-order chi connectivity index (χ1) is 30.9. The maximum Gasteiger partial charge on any atom is 0.227 e. The molecule has 0 amide bonds. The van der Waals surface area contributed by atoms with Gasteiger partial charge in [0.25, 0.3) is 0 Å². The molecule has 0 bridgehead atoms. The van der Waals surface area contributed by atoms with E-state index >= 15 is 0 Å². The molecule has 0 fully saturated rings. The lowest BCUT2D eigenvalue weighted by molar-refractivity contribution is 0.623. The summed E-state index contributed by atoms with van der Waals surface area (Å²) in [6.07, 6.45) is 0. The molecule has 0 unspecified atom stereocenters. The zero-order valence-corrected chi connectivity index (χ0v) is 34.4. The predicted molar refractivity (Wildman–Crippen MR) is 254 cm³/mol. The highest BCUT2D eigenvalue weighted by Gasteiger charge is 2.35. The van der Waals surface area contributed by atoms with E-state index in [-0.39, 0.29) is 5.41 Å². The second-order valence-corrected chi connectivity index (χ2v) is 17.0. The van der Waals surface area contributed by atoms with Crippen LogP contribution < -0.4 is 0 Å². The van der Waals surface area contributed by atoms with Crippen molar-refractivity contribution in [1.82, 2.24) is 19.9 Å². The number of oxazole rings is 1. The van der Waals surface area contributed by atoms with Gasteiger partial charge in [-0.3, -0.25) is 0 Å². The van der Waals surface area contributed by atoms with Crippen molar-refractivity contribution < 1.29 is 8.83 Å². The maximum atomic E-state index is 6.73. The van der Waals surface area contributed by atoms with Gasteiger partial charge in [0.1, 0.15) is 16.7 Å². The fraction of sp³-hybridized carbons (Fsp3) is 0.0526. The molecule has 1 aliphatic carbocycles. The van der Waals surface area contributed by atoms with Crippen LogP contribution in [0.3, 0.4) is 0 Å². The molecule has 0 saturated heterocycles. The lowest BCUT2D eigenvalue weighted by Gasteiger charge is -2.21. The second-order valence-electron chi connectivity index (χ2n) is 17.0. The molecule has 1 aliphatic rings. The van der Waals surface area contributed by atoms with Crippen molar-refractivity contribution in [3.05, 3.63) is 193 Å². The number of aromatic nitrogens is 4. The Labute approximate surface area is 362 Å². The first kappa shape index (κ1) is 35.5. The van der Waals surface area contributed by atoms with Crippen molar-refractivity contribution in [2.75, 3.05) is 0 Å². The van der Waals surface area contributed by atoms with Gasteiger partial charge >= 0.3 is 0 Å². The van der Waals surface area contributed by atoms with Crippen LogP contribution in [0.5, 0.6) is 0 Å². The Balaban J connectivity index is 0.999. The second kappa shape index (κ2) is 13.4. The number of rotatable bonds is 5. The molecule has 12 aromatic rings. The largest absolute Gasteiger partial charge is 0.456 e. The molecule has 0 N–H and O–H groups in total. The molecule has 296 valence electrons. The predicted octanol–water partition coefficient (Wildman–Crippen LogP) is 14.9. The van der Waals surface area contributed by atoms with E-state index in [1.54, 1.807) is 0 Å². The van der Waals surface area contributed by atoms with Gasteiger partial charge in [0.05, 0.1) is 5.39 Å². The van der Waals surface area contributed by atoms with Gasteiger partial charge in [-0.25, -0.2) is 19.9 Å². The number of benzene rings is 9. The van der Waals surface area contributed by atoms with Crippen LogP contribution in [-0.2, 0) is 5.41 Å². The Hall–Kier alpha value is -8.22. The Kier molecular flexibility index (Phi) is 7.55. The number of hydrogen-bond acceptors (Lipinski definition) is 6. The van der Waals surface area contributed by atoms with Crippen molar-refractivity contribution in [2.24, 2.45) is 0 Å². The molecule has 0 spiro atoms. The van der Waals surface area contributed by atoms with Gasteiger partial charge in [0.15, 0.2) is 23.1 Å². The number of nitrogens with zero attached hydrogens (tertiary/aromatic N) is 4. The third kappa shape index (κ3) is 5.51. The summed E-state index contributed by atoms with van der Waals surface area (Å²) in [4.78, 5) is 20.7. The molecule has 0 radical (unpaired) electrons. The van der Waals surface area contributed by atoms with Crippen molar-refractivity contribution in [2.45, 2.75) is 19.3 Å². The van der Waals surface area contributed by atoms with Crippen molar-refractivity contribution >= 4 is 54.6 Å². The summed E-state index contributed by atoms with van der Waals surface area (Å²) < 4.78 is 13.3. The molecule has 3 heterocycles. The van der Waals surface area contributed by atoms with Crippen LogP contribution in [0.25, 0.3) is 122 Å². The normalized spacial score (nSPS) is 13.0. The van der Waals surface area contributed by atoms with Crippen LogP contribution in [-0.4, -0.2) is 19.9 Å². The lowest BCUT2D eigenvalue weighted by atomic mass is 9.82. The quantitative estimate of drug-likeness (QED) is 0.172. The molecule has 6 nitrogen and oxygen atoms in total. The number of hydrogen-bond donors (Lipinski definition) is 0. The number of furan rings is 1. The Morgan fingerprint density at radius 3 is 1.83 bits per heavy atom. The van der Waals surface area contributed by atoms with Gasteiger partial charge < -0.3 is 8.83 Å². The van der Waals surface area contributed by atoms with E-state index in [1.807, 2.05) is 42.5 Å². The summed E-state index contributed by atoms with van der Waals surface area (Å²) in [6.45, 7) is 4.60. The zero-order chi connectivity index (χ0) is 41.8. The van der Waals surface area contributed by atoms with E-state index in [9.17, 15) is 0 Å². The average Bonchev–Trinajstić information content (AvgIpc) is 4.02. The van der Waals surface area contributed by atoms with Crippen LogP contribution in [0.4, 0.5) is 0 Å². The van der Waals surface area contributed by atoms with Gasteiger partial charge in [0, 0.05) is 33.1 Å². The van der Waals surface area contributed by atoms with E-state index in [1.165, 1.54) is 22.3 Å². The maximum absolute atomic E-state index is 6.73. The van der Waals surface area contributed by atoms with Crippen LogP contribution in [0.15, 0.2) is 191 Å². The Morgan fingerprint density at radius 1 is 0.381 bits per heavy atom. The summed E-state index contributed by atoms with van der Waals surface area (Å²) in [7, 11) is 0. The molecule has 3 aromatic heterocycles. The summed E-state index contributed by atoms with van der Waals surface area (Å²) in [5, 5.41) is 6.14. The van der Waals surface area contributed by atoms with Crippen molar-refractivity contribution in [1.29, 1.82) is 0 Å². The zero-order valence-electron chi connectivity index (χ0n) is 34.4. The molecular weight excluding hydrogens is 773 g/mol. The molecule has 6 heteroatoms. The third-order valence-corrected chi connectivity index (χ3v) is 13.0. The first-order valence-corrected chi connectivity index (χ1v) is 21.3. The van der Waals surface area contributed by atoms with Crippen molar-refractivity contribution in [3.63, 3.8) is 0 Å². The molecular formula is C57H36N4O2. The van der Waals surface area contributed by atoms with Gasteiger partial charge in [-0.2, -0.15) is 0 Å². The molecule has 63 heavy (non-hydrogen) atoms. The smallest absolute Gasteiger partial charge is 0.227 e. The minimum absolute atomic E-state index is 0.108. The van der Waals surface area contributed by atoms with Crippen LogP contribution in [0, 0.1) is 0 Å². The first-order valence-electron chi connectivity index (χ1n) is 21.3. The molecule has 0 saturated carbocycles. The molecule has 0 aliphatic heterocycles. The lowest BCUT2D eigenvalue weighted by Crippen LogP contribution is -2.14. The van der Waals surface area contributed by atoms with Crippen LogP contribution in [0.2, 0.25) is 0 Å². The SMILES string of the molecule is CC1(C)c2ccccc2-c2cc(-c3nc(-c4ccc(-c5ccccc5)cc4)nc(-c4ccc5ccc6oc7ccc8nc(-c9cccc%10ccccc9%10)oc8c7c6c5c4)n3)ccc21. The minimum Gasteiger partial charge on any atom is -0.456 e. The van der Waals surface area contributed by atoms with E-state index in [0.29, 0.717) is 28.9 Å². The summed E-state index contributed by atoms with van der Waals surface area (Å²) in [6, 6.07) is 63.3. The summed E-state index contributed by atoms with van der Waals surface area (Å²) in [5.41, 5.74) is 13.9. The van der Waals surface area contributed by atoms with Crippen LogP contribution in [0.1, 0.15) is 25.0 Å². The van der Waals surface area contributed by atoms with Gasteiger partial charge in [-0.1, -0.05) is 159 Å². The van der Waals surface area contributed by atoms with E-state index < -0.39 is 0 Å². The highest BCUT2D eigenvalue weighted by atomic mass is 16.4. The minimum atomic E-state index is -0.108.